The summed E-state index contributed by atoms with van der Waals surface area (Å²) in [6.45, 7) is 0. The molecule has 0 radical (unpaired) electrons. The number of amides is 1. The maximum atomic E-state index is 10.8. The van der Waals surface area contributed by atoms with Crippen LogP contribution in [-0.2, 0) is 4.74 Å². The van der Waals surface area contributed by atoms with Gasteiger partial charge in [0.05, 0.1) is 0 Å². The van der Waals surface area contributed by atoms with Gasteiger partial charge in [0.15, 0.2) is 5.69 Å². The van der Waals surface area contributed by atoms with Crippen LogP contribution in [0.25, 0.3) is 0 Å². The molecule has 62 valence electrons. The molecule has 0 aliphatic heterocycles. The minimum absolute atomic E-state index is 0.0104. The zero-order valence-corrected chi connectivity index (χ0v) is 5.93. The van der Waals surface area contributed by atoms with E-state index in [1.807, 2.05) is 0 Å². The van der Waals surface area contributed by atoms with Crippen LogP contribution in [0.15, 0.2) is 18.6 Å². The number of ether oxygens (including phenoxy) is 1. The van der Waals surface area contributed by atoms with E-state index in [1.54, 1.807) is 0 Å². The van der Waals surface area contributed by atoms with E-state index in [4.69, 9.17) is 0 Å². The van der Waals surface area contributed by atoms with Gasteiger partial charge >= 0.3 is 12.1 Å². The molecule has 0 saturated carbocycles. The van der Waals surface area contributed by atoms with E-state index >= 15 is 0 Å². The van der Waals surface area contributed by atoms with E-state index < -0.39 is 12.1 Å². The number of hydrogen-bond donors (Lipinski definition) is 1. The van der Waals surface area contributed by atoms with Crippen LogP contribution in [0.1, 0.15) is 10.5 Å². The largest absolute Gasteiger partial charge is 0.412 e. The summed E-state index contributed by atoms with van der Waals surface area (Å²) in [5, 5.41) is 0. The summed E-state index contributed by atoms with van der Waals surface area (Å²) in [5.74, 6) is -0.884. The molecule has 0 aromatic carbocycles. The summed E-state index contributed by atoms with van der Waals surface area (Å²) in [6.07, 6.45) is 1.36. The lowest BCUT2D eigenvalue weighted by Gasteiger charge is -1.96. The Balaban J connectivity index is 2.73. The molecule has 1 amide bonds. The number of carbonyl (C=O) groups excluding carboxylic acids is 2. The maximum absolute atomic E-state index is 10.8. The van der Waals surface area contributed by atoms with Crippen molar-refractivity contribution in [1.82, 2.24) is 9.97 Å². The molecule has 0 spiro atoms. The van der Waals surface area contributed by atoms with E-state index in [2.05, 4.69) is 20.4 Å². The van der Waals surface area contributed by atoms with Gasteiger partial charge in [-0.1, -0.05) is 0 Å². The van der Waals surface area contributed by atoms with Gasteiger partial charge in [0, 0.05) is 6.20 Å². The van der Waals surface area contributed by atoms with Gasteiger partial charge < -0.3 is 10.5 Å². The lowest BCUT2D eigenvalue weighted by molar-refractivity contribution is 0.0632. The Hall–Kier alpha value is -1.98. The molecule has 0 aliphatic carbocycles. The van der Waals surface area contributed by atoms with Crippen LogP contribution in [-0.4, -0.2) is 22.0 Å². The first-order valence-electron chi connectivity index (χ1n) is 2.98. The van der Waals surface area contributed by atoms with E-state index in [0.717, 1.165) is 6.33 Å². The number of carbonyl (C=O) groups is 2. The first-order valence-corrected chi connectivity index (χ1v) is 2.98. The second-order valence-electron chi connectivity index (χ2n) is 1.80. The molecule has 6 heteroatoms. The van der Waals surface area contributed by atoms with E-state index in [9.17, 15) is 9.59 Å². The van der Waals surface area contributed by atoms with Crippen molar-refractivity contribution in [2.75, 3.05) is 0 Å². The van der Waals surface area contributed by atoms with Crippen LogP contribution in [0.3, 0.4) is 0 Å². The van der Waals surface area contributed by atoms with Crippen LogP contribution in [0, 0.1) is 0 Å². The van der Waals surface area contributed by atoms with Crippen LogP contribution in [0.2, 0.25) is 0 Å². The highest BCUT2D eigenvalue weighted by molar-refractivity contribution is 5.94. The first kappa shape index (κ1) is 8.12. The van der Waals surface area contributed by atoms with Gasteiger partial charge in [-0.3, -0.25) is 0 Å². The van der Waals surface area contributed by atoms with Crippen LogP contribution in [0.4, 0.5) is 4.79 Å². The van der Waals surface area contributed by atoms with Gasteiger partial charge in [-0.25, -0.2) is 19.6 Å². The Morgan fingerprint density at radius 3 is 2.75 bits per heavy atom. The van der Waals surface area contributed by atoms with Gasteiger partial charge in [0.1, 0.15) is 6.33 Å². The van der Waals surface area contributed by atoms with Crippen molar-refractivity contribution >= 4 is 12.1 Å². The van der Waals surface area contributed by atoms with Crippen molar-refractivity contribution in [2.24, 2.45) is 5.73 Å². The molecular formula is C6H5N3O3. The standard InChI is InChI=1S/C6H5N3O3/c7-6(11)12-5(10)4-1-2-8-3-9-4/h1-3H,(H2,7,11). The lowest BCUT2D eigenvalue weighted by atomic mass is 10.4. The predicted octanol–water partition coefficient (Wildman–Crippen LogP) is -0.288. The zero-order chi connectivity index (χ0) is 8.97. The SMILES string of the molecule is NC(=O)OC(=O)c1ccncn1. The molecule has 1 heterocycles. The highest BCUT2D eigenvalue weighted by atomic mass is 16.6. The minimum Gasteiger partial charge on any atom is -0.372 e. The molecule has 2 N–H and O–H groups in total. The Kier molecular flexibility index (Phi) is 2.32. The average molecular weight is 167 g/mol. The van der Waals surface area contributed by atoms with Gasteiger partial charge in [-0.05, 0) is 6.07 Å². The van der Waals surface area contributed by atoms with Crippen LogP contribution < -0.4 is 5.73 Å². The Bertz CT molecular complexity index is 298. The number of hydrogen-bond acceptors (Lipinski definition) is 5. The Morgan fingerprint density at radius 1 is 1.50 bits per heavy atom. The average Bonchev–Trinajstić information content (AvgIpc) is 2.05. The molecule has 0 unspecified atom stereocenters. The number of rotatable bonds is 1. The van der Waals surface area contributed by atoms with Crippen molar-refractivity contribution in [3.05, 3.63) is 24.3 Å². The molecule has 0 saturated heterocycles. The molecule has 0 fully saturated rings. The summed E-state index contributed by atoms with van der Waals surface area (Å²) in [7, 11) is 0. The number of esters is 1. The molecule has 12 heavy (non-hydrogen) atoms. The van der Waals surface area contributed by atoms with E-state index in [0.29, 0.717) is 0 Å². The predicted molar refractivity (Wildman–Crippen MR) is 37.0 cm³/mol. The monoisotopic (exact) mass is 167 g/mol. The molecule has 0 atom stereocenters. The van der Waals surface area contributed by atoms with Gasteiger partial charge in [-0.15, -0.1) is 0 Å². The van der Waals surface area contributed by atoms with Crippen molar-refractivity contribution < 1.29 is 14.3 Å². The van der Waals surface area contributed by atoms with Gasteiger partial charge in [0.2, 0.25) is 0 Å². The highest BCUT2D eigenvalue weighted by Crippen LogP contribution is 1.93. The van der Waals surface area contributed by atoms with Gasteiger partial charge in [-0.2, -0.15) is 0 Å². The minimum atomic E-state index is -1.15. The molecule has 6 nitrogen and oxygen atoms in total. The molecule has 0 aliphatic rings. The van der Waals surface area contributed by atoms with E-state index in [1.165, 1.54) is 12.3 Å². The molecular weight excluding hydrogens is 162 g/mol. The first-order chi connectivity index (χ1) is 5.70. The van der Waals surface area contributed by atoms with E-state index in [-0.39, 0.29) is 5.69 Å². The summed E-state index contributed by atoms with van der Waals surface area (Å²) in [4.78, 5) is 28.1. The third kappa shape index (κ3) is 2.01. The number of primary amides is 1. The second kappa shape index (κ2) is 3.42. The fraction of sp³-hybridized carbons (Fsp3) is 0. The summed E-state index contributed by atoms with van der Waals surface area (Å²) in [6, 6.07) is 1.31. The maximum Gasteiger partial charge on any atom is 0.412 e. The molecule has 0 bridgehead atoms. The topological polar surface area (TPSA) is 95.2 Å². The third-order valence-electron chi connectivity index (χ3n) is 0.984. The summed E-state index contributed by atoms with van der Waals surface area (Å²) in [5.41, 5.74) is 4.59. The van der Waals surface area contributed by atoms with Crippen molar-refractivity contribution in [3.8, 4) is 0 Å². The fourth-order valence-electron chi connectivity index (χ4n) is 0.555. The second-order valence-corrected chi connectivity index (χ2v) is 1.80. The number of nitrogens with zero attached hydrogens (tertiary/aromatic N) is 2. The van der Waals surface area contributed by atoms with Crippen LogP contribution in [0.5, 0.6) is 0 Å². The number of nitrogens with two attached hydrogens (primary N) is 1. The highest BCUT2D eigenvalue weighted by Gasteiger charge is 2.10. The Labute approximate surface area is 67.4 Å². The van der Waals surface area contributed by atoms with Crippen molar-refractivity contribution in [2.45, 2.75) is 0 Å². The fourth-order valence-corrected chi connectivity index (χ4v) is 0.555. The quantitative estimate of drug-likeness (QED) is 0.458. The summed E-state index contributed by atoms with van der Waals surface area (Å²) >= 11 is 0. The summed E-state index contributed by atoms with van der Waals surface area (Å²) < 4.78 is 4.05. The third-order valence-corrected chi connectivity index (χ3v) is 0.984. The zero-order valence-electron chi connectivity index (χ0n) is 5.93. The lowest BCUT2D eigenvalue weighted by Crippen LogP contribution is -2.19. The molecule has 1 aromatic heterocycles. The van der Waals surface area contributed by atoms with Crippen LogP contribution >= 0.6 is 0 Å². The molecule has 1 aromatic rings. The molecule has 1 rings (SSSR count). The van der Waals surface area contributed by atoms with Crippen molar-refractivity contribution in [3.63, 3.8) is 0 Å². The Morgan fingerprint density at radius 2 is 2.25 bits per heavy atom. The van der Waals surface area contributed by atoms with Gasteiger partial charge in [0.25, 0.3) is 0 Å². The normalized spacial score (nSPS) is 9.00. The number of aromatic nitrogens is 2. The smallest absolute Gasteiger partial charge is 0.372 e. The van der Waals surface area contributed by atoms with Crippen molar-refractivity contribution in [1.29, 1.82) is 0 Å².